The molecule has 4 heteroatoms. The van der Waals surface area contributed by atoms with Crippen molar-refractivity contribution in [3.05, 3.63) is 35.1 Å². The summed E-state index contributed by atoms with van der Waals surface area (Å²) < 4.78 is 13.3. The van der Waals surface area contributed by atoms with Crippen molar-refractivity contribution in [2.24, 2.45) is 11.7 Å². The number of amidine groups is 1. The maximum Gasteiger partial charge on any atom is 0.123 e. The van der Waals surface area contributed by atoms with Crippen molar-refractivity contribution in [2.75, 3.05) is 7.05 Å². The Hall–Kier alpha value is -1.42. The largest absolute Gasteiger partial charge is 0.384 e. The first-order chi connectivity index (χ1) is 9.47. The van der Waals surface area contributed by atoms with Gasteiger partial charge < -0.3 is 5.73 Å². The topological polar surface area (TPSA) is 53.1 Å². The van der Waals surface area contributed by atoms with Crippen LogP contribution in [0, 0.1) is 17.1 Å². The lowest BCUT2D eigenvalue weighted by Gasteiger charge is -2.34. The first-order valence-electron chi connectivity index (χ1n) is 7.30. The van der Waals surface area contributed by atoms with Crippen molar-refractivity contribution in [1.82, 2.24) is 4.90 Å². The zero-order chi connectivity index (χ0) is 14.7. The summed E-state index contributed by atoms with van der Waals surface area (Å²) in [6.07, 6.45) is 5.03. The van der Waals surface area contributed by atoms with E-state index in [9.17, 15) is 4.39 Å². The fourth-order valence-corrected chi connectivity index (χ4v) is 3.14. The van der Waals surface area contributed by atoms with Gasteiger partial charge in [-0.05, 0) is 43.5 Å². The van der Waals surface area contributed by atoms with E-state index >= 15 is 0 Å². The Balaban J connectivity index is 2.11. The van der Waals surface area contributed by atoms with Gasteiger partial charge >= 0.3 is 0 Å². The molecule has 0 bridgehead atoms. The third-order valence-electron chi connectivity index (χ3n) is 4.31. The molecule has 3 N–H and O–H groups in total. The Morgan fingerprint density at radius 2 is 2.20 bits per heavy atom. The van der Waals surface area contributed by atoms with E-state index in [0.717, 1.165) is 11.5 Å². The lowest BCUT2D eigenvalue weighted by atomic mass is 9.86. The molecule has 0 amide bonds. The maximum atomic E-state index is 13.3. The molecule has 20 heavy (non-hydrogen) atoms. The van der Waals surface area contributed by atoms with Gasteiger partial charge in [-0.25, -0.2) is 4.39 Å². The SMILES string of the molecule is CC1CCCC(N(C)Cc2ccc(F)cc2C(=N)N)C1. The van der Waals surface area contributed by atoms with Crippen LogP contribution in [0.5, 0.6) is 0 Å². The highest BCUT2D eigenvalue weighted by atomic mass is 19.1. The molecule has 0 saturated heterocycles. The van der Waals surface area contributed by atoms with E-state index in [1.165, 1.54) is 37.8 Å². The van der Waals surface area contributed by atoms with Gasteiger partial charge in [-0.15, -0.1) is 0 Å². The molecular formula is C16H24FN3. The Labute approximate surface area is 120 Å². The Morgan fingerprint density at radius 1 is 1.45 bits per heavy atom. The van der Waals surface area contributed by atoms with Gasteiger partial charge in [0.05, 0.1) is 0 Å². The van der Waals surface area contributed by atoms with Crippen LogP contribution in [0.4, 0.5) is 4.39 Å². The Kier molecular flexibility index (Phi) is 4.76. The van der Waals surface area contributed by atoms with Gasteiger partial charge in [-0.1, -0.05) is 25.8 Å². The highest BCUT2D eigenvalue weighted by Crippen LogP contribution is 2.27. The molecule has 3 nitrogen and oxygen atoms in total. The molecule has 2 unspecified atom stereocenters. The van der Waals surface area contributed by atoms with Crippen LogP contribution < -0.4 is 5.73 Å². The van der Waals surface area contributed by atoms with Crippen molar-refractivity contribution in [1.29, 1.82) is 5.41 Å². The Bertz CT molecular complexity index is 487. The van der Waals surface area contributed by atoms with E-state index < -0.39 is 0 Å². The smallest absolute Gasteiger partial charge is 0.123 e. The second-order valence-corrected chi connectivity index (χ2v) is 6.06. The van der Waals surface area contributed by atoms with Gasteiger partial charge in [0, 0.05) is 18.2 Å². The zero-order valence-electron chi connectivity index (χ0n) is 12.3. The van der Waals surface area contributed by atoms with Gasteiger partial charge in [0.15, 0.2) is 0 Å². The van der Waals surface area contributed by atoms with Crippen molar-refractivity contribution in [3.8, 4) is 0 Å². The summed E-state index contributed by atoms with van der Waals surface area (Å²) in [4.78, 5) is 2.31. The number of nitrogen functional groups attached to an aromatic ring is 1. The molecule has 1 aliphatic rings. The van der Waals surface area contributed by atoms with Crippen molar-refractivity contribution < 1.29 is 4.39 Å². The predicted octanol–water partition coefficient (Wildman–Crippen LogP) is 3.12. The quantitative estimate of drug-likeness (QED) is 0.656. The average Bonchev–Trinajstić information content (AvgIpc) is 2.40. The Morgan fingerprint density at radius 3 is 2.85 bits per heavy atom. The molecule has 1 saturated carbocycles. The molecule has 0 spiro atoms. The van der Waals surface area contributed by atoms with Crippen molar-refractivity contribution in [2.45, 2.75) is 45.2 Å². The second kappa shape index (κ2) is 6.35. The molecule has 0 aromatic heterocycles. The van der Waals surface area contributed by atoms with E-state index in [0.29, 0.717) is 18.2 Å². The molecule has 1 fully saturated rings. The number of rotatable bonds is 4. The van der Waals surface area contributed by atoms with Crippen LogP contribution in [0.15, 0.2) is 18.2 Å². The monoisotopic (exact) mass is 277 g/mol. The highest BCUT2D eigenvalue weighted by Gasteiger charge is 2.23. The molecule has 110 valence electrons. The van der Waals surface area contributed by atoms with Gasteiger partial charge in [-0.2, -0.15) is 0 Å². The summed E-state index contributed by atoms with van der Waals surface area (Å²) in [5.41, 5.74) is 7.00. The lowest BCUT2D eigenvalue weighted by molar-refractivity contribution is 0.157. The van der Waals surface area contributed by atoms with Gasteiger partial charge in [0.2, 0.25) is 0 Å². The predicted molar refractivity (Wildman–Crippen MR) is 80.3 cm³/mol. The van der Waals surface area contributed by atoms with E-state index in [2.05, 4.69) is 18.9 Å². The van der Waals surface area contributed by atoms with Crippen LogP contribution in [0.25, 0.3) is 0 Å². The molecule has 2 rings (SSSR count). The van der Waals surface area contributed by atoms with Gasteiger partial charge in [0.1, 0.15) is 11.7 Å². The molecule has 1 aromatic carbocycles. The van der Waals surface area contributed by atoms with E-state index in [1.54, 1.807) is 6.07 Å². The van der Waals surface area contributed by atoms with Gasteiger partial charge in [0.25, 0.3) is 0 Å². The van der Waals surface area contributed by atoms with Crippen LogP contribution in [0.1, 0.15) is 43.7 Å². The molecule has 0 heterocycles. The number of halogens is 1. The standard InChI is InChI=1S/C16H24FN3/c1-11-4-3-5-14(8-11)20(2)10-12-6-7-13(17)9-15(12)16(18)19/h6-7,9,11,14H,3-5,8,10H2,1-2H3,(H3,18,19). The molecule has 2 atom stereocenters. The molecule has 0 aliphatic heterocycles. The summed E-state index contributed by atoms with van der Waals surface area (Å²) in [6, 6.07) is 5.12. The summed E-state index contributed by atoms with van der Waals surface area (Å²) in [5.74, 6) is 0.370. The fraction of sp³-hybridized carbons (Fsp3) is 0.562. The van der Waals surface area contributed by atoms with E-state index in [-0.39, 0.29) is 11.7 Å². The highest BCUT2D eigenvalue weighted by molar-refractivity contribution is 5.96. The van der Waals surface area contributed by atoms with E-state index in [4.69, 9.17) is 11.1 Å². The molecule has 1 aliphatic carbocycles. The summed E-state index contributed by atoms with van der Waals surface area (Å²) in [7, 11) is 2.11. The summed E-state index contributed by atoms with van der Waals surface area (Å²) >= 11 is 0. The molecular weight excluding hydrogens is 253 g/mol. The minimum atomic E-state index is -0.340. The maximum absolute atomic E-state index is 13.3. The van der Waals surface area contributed by atoms with Crippen LogP contribution in [0.3, 0.4) is 0 Å². The number of nitrogens with one attached hydrogen (secondary N) is 1. The summed E-state index contributed by atoms with van der Waals surface area (Å²) in [5, 5.41) is 7.59. The first kappa shape index (κ1) is 15.0. The average molecular weight is 277 g/mol. The minimum Gasteiger partial charge on any atom is -0.384 e. The number of hydrogen-bond donors (Lipinski definition) is 2. The van der Waals surface area contributed by atoms with Gasteiger partial charge in [-0.3, -0.25) is 10.3 Å². The van der Waals surface area contributed by atoms with Crippen molar-refractivity contribution >= 4 is 5.84 Å². The van der Waals surface area contributed by atoms with Crippen LogP contribution in [0.2, 0.25) is 0 Å². The fourth-order valence-electron chi connectivity index (χ4n) is 3.14. The van der Waals surface area contributed by atoms with Crippen LogP contribution >= 0.6 is 0 Å². The minimum absolute atomic E-state index is 0.0649. The third-order valence-corrected chi connectivity index (χ3v) is 4.31. The number of nitrogens with zero attached hydrogens (tertiary/aromatic N) is 1. The number of hydrogen-bond acceptors (Lipinski definition) is 2. The molecule has 0 radical (unpaired) electrons. The second-order valence-electron chi connectivity index (χ2n) is 6.06. The number of nitrogens with two attached hydrogens (primary N) is 1. The summed E-state index contributed by atoms with van der Waals surface area (Å²) in [6.45, 7) is 3.02. The third kappa shape index (κ3) is 3.57. The van der Waals surface area contributed by atoms with E-state index in [1.807, 2.05) is 0 Å². The van der Waals surface area contributed by atoms with Crippen molar-refractivity contribution in [3.63, 3.8) is 0 Å². The lowest BCUT2D eigenvalue weighted by Crippen LogP contribution is -2.35. The van der Waals surface area contributed by atoms with Crippen LogP contribution in [-0.2, 0) is 6.54 Å². The first-order valence-corrected chi connectivity index (χ1v) is 7.30. The zero-order valence-corrected chi connectivity index (χ0v) is 12.3. The number of benzene rings is 1. The normalized spacial score (nSPS) is 23.0. The van der Waals surface area contributed by atoms with Crippen LogP contribution in [-0.4, -0.2) is 23.8 Å². The molecule has 1 aromatic rings.